The zero-order valence-corrected chi connectivity index (χ0v) is 28.0. The normalized spacial score (nSPS) is 15.7. The molecule has 9 aromatic rings. The standard InChI is InChI=1S/C44H30N4OS/c1-29-45-39-23-22-33(28-44(39)50(49,46-29)34-14-6-3-7-15-34)48-41-19-11-9-17-36(41)38-27-31(21-25-43(38)48)30-20-24-42-37(26-30)35-16-8-10-18-40(35)47(42)32-12-4-2-5-13-32/h2-28H,1H3. The van der Waals surface area contributed by atoms with Crippen molar-refractivity contribution in [3.05, 3.63) is 164 Å². The lowest BCUT2D eigenvalue weighted by Crippen LogP contribution is -2.10. The highest BCUT2D eigenvalue weighted by molar-refractivity contribution is 7.94. The molecule has 1 atom stereocenters. The minimum atomic E-state index is -2.91. The summed E-state index contributed by atoms with van der Waals surface area (Å²) in [5, 5.41) is 4.77. The van der Waals surface area contributed by atoms with E-state index in [1.807, 2.05) is 49.4 Å². The van der Waals surface area contributed by atoms with E-state index in [1.54, 1.807) is 0 Å². The van der Waals surface area contributed by atoms with Crippen LogP contribution in [-0.4, -0.2) is 19.2 Å². The number of hydrogen-bond donors (Lipinski definition) is 0. The fourth-order valence-corrected chi connectivity index (χ4v) is 9.68. The molecule has 3 heterocycles. The molecule has 0 fully saturated rings. The monoisotopic (exact) mass is 662 g/mol. The molecule has 0 radical (unpaired) electrons. The molecule has 0 amide bonds. The van der Waals surface area contributed by atoms with Gasteiger partial charge in [0.15, 0.2) is 0 Å². The van der Waals surface area contributed by atoms with Crippen molar-refractivity contribution < 1.29 is 4.21 Å². The third-order valence-electron chi connectivity index (χ3n) is 9.80. The van der Waals surface area contributed by atoms with Gasteiger partial charge in [0.25, 0.3) is 0 Å². The van der Waals surface area contributed by atoms with E-state index in [2.05, 4.69) is 140 Å². The fourth-order valence-electron chi connectivity index (χ4n) is 7.61. The zero-order chi connectivity index (χ0) is 33.4. The minimum Gasteiger partial charge on any atom is -0.309 e. The van der Waals surface area contributed by atoms with Crippen LogP contribution in [0.4, 0.5) is 5.69 Å². The lowest BCUT2D eigenvalue weighted by atomic mass is 10.0. The van der Waals surface area contributed by atoms with E-state index in [-0.39, 0.29) is 0 Å². The third kappa shape index (κ3) is 4.25. The summed E-state index contributed by atoms with van der Waals surface area (Å²) < 4.78 is 23.9. The van der Waals surface area contributed by atoms with Crippen molar-refractivity contribution >= 4 is 64.9 Å². The van der Waals surface area contributed by atoms with Gasteiger partial charge in [-0.15, -0.1) is 0 Å². The highest BCUT2D eigenvalue weighted by atomic mass is 32.2. The van der Waals surface area contributed by atoms with E-state index in [0.29, 0.717) is 21.3 Å². The van der Waals surface area contributed by atoms with Crippen molar-refractivity contribution in [2.45, 2.75) is 16.7 Å². The molecule has 0 bridgehead atoms. The molecule has 6 heteroatoms. The van der Waals surface area contributed by atoms with Crippen LogP contribution in [-0.2, 0) is 9.73 Å². The first kappa shape index (κ1) is 28.7. The van der Waals surface area contributed by atoms with Crippen molar-refractivity contribution in [3.63, 3.8) is 0 Å². The van der Waals surface area contributed by atoms with Gasteiger partial charge in [0.1, 0.15) is 15.6 Å². The van der Waals surface area contributed by atoms with Gasteiger partial charge < -0.3 is 9.13 Å². The van der Waals surface area contributed by atoms with Gasteiger partial charge in [-0.3, -0.25) is 0 Å². The summed E-state index contributed by atoms with van der Waals surface area (Å²) in [4.78, 5) is 6.00. The van der Waals surface area contributed by atoms with Crippen molar-refractivity contribution in [2.75, 3.05) is 0 Å². The number of fused-ring (bicyclic) bond motifs is 7. The van der Waals surface area contributed by atoms with Gasteiger partial charge in [-0.2, -0.15) is 4.36 Å². The molecular formula is C44H30N4OS. The highest BCUT2D eigenvalue weighted by Crippen LogP contribution is 2.41. The lowest BCUT2D eigenvalue weighted by Gasteiger charge is -2.19. The molecule has 238 valence electrons. The Hall–Kier alpha value is -6.24. The summed E-state index contributed by atoms with van der Waals surface area (Å²) in [6.45, 7) is 1.81. The van der Waals surface area contributed by atoms with Crippen LogP contribution in [0.1, 0.15) is 6.92 Å². The SMILES string of the molecule is CC1=Nc2ccc(-n3c4ccccc4c4cc(-c5ccc6c(c5)c5ccccc5n6-c5ccccc5)ccc43)cc2S(=O)(c2ccccc2)=N1. The molecule has 0 saturated heterocycles. The second kappa shape index (κ2) is 10.9. The molecule has 2 aromatic heterocycles. The Labute approximate surface area is 289 Å². The number of para-hydroxylation sites is 3. The molecule has 1 unspecified atom stereocenters. The maximum Gasteiger partial charge on any atom is 0.136 e. The van der Waals surface area contributed by atoms with E-state index < -0.39 is 9.73 Å². The smallest absolute Gasteiger partial charge is 0.136 e. The molecule has 0 aliphatic carbocycles. The zero-order valence-electron chi connectivity index (χ0n) is 27.2. The molecule has 0 N–H and O–H groups in total. The van der Waals surface area contributed by atoms with E-state index in [4.69, 9.17) is 0 Å². The van der Waals surface area contributed by atoms with Crippen LogP contribution in [0.2, 0.25) is 0 Å². The molecule has 10 rings (SSSR count). The molecule has 50 heavy (non-hydrogen) atoms. The number of rotatable bonds is 4. The summed E-state index contributed by atoms with van der Waals surface area (Å²) in [6.07, 6.45) is 0. The molecule has 0 spiro atoms. The number of aromatic nitrogens is 2. The van der Waals surface area contributed by atoms with Crippen molar-refractivity contribution in [1.82, 2.24) is 9.13 Å². The van der Waals surface area contributed by atoms with Crippen LogP contribution in [0.5, 0.6) is 0 Å². The maximum atomic E-state index is 14.7. The summed E-state index contributed by atoms with van der Waals surface area (Å²) in [7, 11) is -2.91. The number of aliphatic imine (C=N–C) groups is 1. The second-order valence-corrected chi connectivity index (χ2v) is 14.9. The molecular weight excluding hydrogens is 633 g/mol. The Balaban J connectivity index is 1.15. The maximum absolute atomic E-state index is 14.7. The summed E-state index contributed by atoms with van der Waals surface area (Å²) in [5.74, 6) is 0.520. The quantitative estimate of drug-likeness (QED) is 0.185. The largest absolute Gasteiger partial charge is 0.309 e. The van der Waals surface area contributed by atoms with Crippen LogP contribution >= 0.6 is 0 Å². The topological polar surface area (TPSA) is 51.6 Å². The average molecular weight is 663 g/mol. The van der Waals surface area contributed by atoms with Gasteiger partial charge in [0.05, 0.1) is 37.5 Å². The minimum absolute atomic E-state index is 0.520. The van der Waals surface area contributed by atoms with Gasteiger partial charge in [-0.1, -0.05) is 84.9 Å². The average Bonchev–Trinajstić information content (AvgIpc) is 3.67. The van der Waals surface area contributed by atoms with Gasteiger partial charge in [0, 0.05) is 32.9 Å². The Morgan fingerprint density at radius 3 is 1.62 bits per heavy atom. The van der Waals surface area contributed by atoms with Crippen molar-refractivity contribution in [1.29, 1.82) is 0 Å². The predicted molar refractivity (Wildman–Crippen MR) is 207 cm³/mol. The molecule has 7 aromatic carbocycles. The van der Waals surface area contributed by atoms with Gasteiger partial charge in [-0.05, 0) is 96.9 Å². The van der Waals surface area contributed by atoms with E-state index in [1.165, 1.54) is 27.4 Å². The van der Waals surface area contributed by atoms with Crippen LogP contribution in [0.15, 0.2) is 183 Å². The molecule has 1 aliphatic rings. The Morgan fingerprint density at radius 1 is 0.480 bits per heavy atom. The van der Waals surface area contributed by atoms with E-state index in [9.17, 15) is 4.21 Å². The number of hydrogen-bond acceptors (Lipinski definition) is 3. The number of benzene rings is 7. The van der Waals surface area contributed by atoms with Crippen LogP contribution in [0.25, 0.3) is 66.1 Å². The first-order valence-electron chi connectivity index (χ1n) is 16.7. The van der Waals surface area contributed by atoms with E-state index in [0.717, 1.165) is 38.7 Å². The Morgan fingerprint density at radius 2 is 1.00 bits per heavy atom. The lowest BCUT2D eigenvalue weighted by molar-refractivity contribution is 0.676. The molecule has 0 saturated carbocycles. The first-order valence-corrected chi connectivity index (χ1v) is 18.2. The number of amidine groups is 1. The van der Waals surface area contributed by atoms with Crippen LogP contribution in [0, 0.1) is 0 Å². The molecule has 5 nitrogen and oxygen atoms in total. The fraction of sp³-hybridized carbons (Fsp3) is 0.0227. The van der Waals surface area contributed by atoms with E-state index >= 15 is 0 Å². The summed E-state index contributed by atoms with van der Waals surface area (Å²) in [6, 6.07) is 56.8. The predicted octanol–water partition coefficient (Wildman–Crippen LogP) is 11.5. The van der Waals surface area contributed by atoms with Gasteiger partial charge in [0.2, 0.25) is 0 Å². The highest BCUT2D eigenvalue weighted by Gasteiger charge is 2.25. The van der Waals surface area contributed by atoms with Crippen LogP contribution < -0.4 is 0 Å². The third-order valence-corrected chi connectivity index (χ3v) is 12.2. The summed E-state index contributed by atoms with van der Waals surface area (Å²) >= 11 is 0. The van der Waals surface area contributed by atoms with Crippen molar-refractivity contribution in [2.24, 2.45) is 9.36 Å². The summed E-state index contributed by atoms with van der Waals surface area (Å²) in [5.41, 5.74) is 9.63. The van der Waals surface area contributed by atoms with Gasteiger partial charge in [-0.25, -0.2) is 9.20 Å². The van der Waals surface area contributed by atoms with Crippen LogP contribution in [0.3, 0.4) is 0 Å². The molecule has 1 aliphatic heterocycles. The van der Waals surface area contributed by atoms with Gasteiger partial charge >= 0.3 is 0 Å². The first-order chi connectivity index (χ1) is 24.6. The van der Waals surface area contributed by atoms with Crippen molar-refractivity contribution in [3.8, 4) is 22.5 Å². The number of nitrogens with zero attached hydrogens (tertiary/aromatic N) is 4. The second-order valence-electron chi connectivity index (χ2n) is 12.7. The Bertz CT molecular complexity index is 2980. The Kier molecular flexibility index (Phi) is 6.26.